The number of nitrogens with zero attached hydrogens (tertiary/aromatic N) is 3. The van der Waals surface area contributed by atoms with E-state index < -0.39 is 49.6 Å². The third-order valence-corrected chi connectivity index (χ3v) is 4.85. The third-order valence-electron chi connectivity index (χ3n) is 4.85. The molecule has 0 bridgehead atoms. The Hall–Kier alpha value is -3.03. The monoisotopic (exact) mass is 430 g/mol. The Bertz CT molecular complexity index is 982. The van der Waals surface area contributed by atoms with Crippen molar-refractivity contribution in [2.24, 2.45) is 5.92 Å². The third kappa shape index (κ3) is 4.93. The SMILES string of the molecule is N#Cc1ccc(N2C[C@@H](NC(=O)CC(F)(F)F)C[C@@H](C(F)(F)F)C2)c2cccnc12. The topological polar surface area (TPSA) is 69.0 Å². The number of rotatable bonds is 3. The van der Waals surface area contributed by atoms with Crippen molar-refractivity contribution < 1.29 is 31.1 Å². The van der Waals surface area contributed by atoms with E-state index in [4.69, 9.17) is 0 Å². The second-order valence-electron chi connectivity index (χ2n) is 7.08. The van der Waals surface area contributed by atoms with Gasteiger partial charge in [0.05, 0.1) is 17.0 Å². The molecular formula is C19H16F6N4O. The average molecular weight is 430 g/mol. The van der Waals surface area contributed by atoms with Gasteiger partial charge in [0.25, 0.3) is 0 Å². The van der Waals surface area contributed by atoms with Gasteiger partial charge in [0.15, 0.2) is 0 Å². The summed E-state index contributed by atoms with van der Waals surface area (Å²) >= 11 is 0. The molecule has 0 aliphatic carbocycles. The fourth-order valence-electron chi connectivity index (χ4n) is 3.62. The lowest BCUT2D eigenvalue weighted by molar-refractivity contribution is -0.178. The van der Waals surface area contributed by atoms with Crippen LogP contribution < -0.4 is 10.2 Å². The number of carbonyl (C=O) groups excluding carboxylic acids is 1. The number of anilines is 1. The van der Waals surface area contributed by atoms with Crippen molar-refractivity contribution in [2.75, 3.05) is 18.0 Å². The highest BCUT2D eigenvalue weighted by atomic mass is 19.4. The van der Waals surface area contributed by atoms with E-state index >= 15 is 0 Å². The van der Waals surface area contributed by atoms with Gasteiger partial charge in [-0.2, -0.15) is 31.6 Å². The molecule has 0 spiro atoms. The Kier molecular flexibility index (Phi) is 5.78. The molecule has 0 saturated carbocycles. The molecule has 1 aromatic heterocycles. The van der Waals surface area contributed by atoms with E-state index in [2.05, 4.69) is 10.3 Å². The van der Waals surface area contributed by atoms with E-state index in [1.807, 2.05) is 6.07 Å². The van der Waals surface area contributed by atoms with E-state index in [-0.39, 0.29) is 12.1 Å². The number of carbonyl (C=O) groups is 1. The van der Waals surface area contributed by atoms with Gasteiger partial charge in [-0.15, -0.1) is 0 Å². The van der Waals surface area contributed by atoms with Gasteiger partial charge in [0, 0.05) is 36.4 Å². The van der Waals surface area contributed by atoms with Crippen molar-refractivity contribution in [3.8, 4) is 6.07 Å². The van der Waals surface area contributed by atoms with Crippen LogP contribution in [-0.4, -0.2) is 42.4 Å². The van der Waals surface area contributed by atoms with E-state index in [0.29, 0.717) is 16.6 Å². The molecule has 2 heterocycles. The Morgan fingerprint density at radius 3 is 2.57 bits per heavy atom. The molecule has 5 nitrogen and oxygen atoms in total. The summed E-state index contributed by atoms with van der Waals surface area (Å²) in [5.41, 5.74) is 0.916. The Morgan fingerprint density at radius 2 is 1.93 bits per heavy atom. The molecule has 11 heteroatoms. The number of benzene rings is 1. The zero-order chi connectivity index (χ0) is 22.1. The van der Waals surface area contributed by atoms with Gasteiger partial charge in [-0.1, -0.05) is 0 Å². The van der Waals surface area contributed by atoms with Gasteiger partial charge in [-0.25, -0.2) is 0 Å². The minimum Gasteiger partial charge on any atom is -0.368 e. The first-order chi connectivity index (χ1) is 14.0. The summed E-state index contributed by atoms with van der Waals surface area (Å²) < 4.78 is 77.7. The van der Waals surface area contributed by atoms with Crippen molar-refractivity contribution in [2.45, 2.75) is 31.2 Å². The normalized spacial score (nSPS) is 20.1. The minimum atomic E-state index is -4.75. The zero-order valence-corrected chi connectivity index (χ0v) is 15.4. The Balaban J connectivity index is 1.93. The number of hydrogen-bond donors (Lipinski definition) is 1. The summed E-state index contributed by atoms with van der Waals surface area (Å²) in [6.07, 6.45) is -10.2. The van der Waals surface area contributed by atoms with Crippen LogP contribution in [0.2, 0.25) is 0 Å². The molecule has 1 fully saturated rings. The Morgan fingerprint density at radius 1 is 1.20 bits per heavy atom. The first-order valence-electron chi connectivity index (χ1n) is 8.93. The standard InChI is InChI=1S/C19H16F6N4O/c20-18(21,22)7-16(30)28-13-6-12(19(23,24)25)9-29(10-13)15-4-3-11(8-26)17-14(15)2-1-5-27-17/h1-5,12-13H,6-7,9-10H2,(H,28,30)/t12-,13+/m1/s1. The molecule has 1 saturated heterocycles. The maximum atomic E-state index is 13.5. The summed E-state index contributed by atoms with van der Waals surface area (Å²) in [4.78, 5) is 17.1. The summed E-state index contributed by atoms with van der Waals surface area (Å²) in [5.74, 6) is -3.22. The Labute approximate surface area is 167 Å². The average Bonchev–Trinajstić information content (AvgIpc) is 2.64. The van der Waals surface area contributed by atoms with Crippen molar-refractivity contribution in [1.29, 1.82) is 5.26 Å². The number of pyridine rings is 1. The predicted molar refractivity (Wildman–Crippen MR) is 95.4 cm³/mol. The van der Waals surface area contributed by atoms with Crippen LogP contribution in [-0.2, 0) is 4.79 Å². The van der Waals surface area contributed by atoms with Crippen LogP contribution in [0.4, 0.5) is 32.0 Å². The van der Waals surface area contributed by atoms with Crippen molar-refractivity contribution in [3.05, 3.63) is 36.0 Å². The fraction of sp³-hybridized carbons (Fsp3) is 0.421. The fourth-order valence-corrected chi connectivity index (χ4v) is 3.62. The van der Waals surface area contributed by atoms with Gasteiger partial charge in [0.2, 0.25) is 5.91 Å². The molecule has 160 valence electrons. The molecular weight excluding hydrogens is 414 g/mol. The molecule has 1 amide bonds. The number of amides is 1. The van der Waals surface area contributed by atoms with Crippen LogP contribution in [0.15, 0.2) is 30.5 Å². The lowest BCUT2D eigenvalue weighted by atomic mass is 9.92. The minimum absolute atomic E-state index is 0.105. The predicted octanol–water partition coefficient (Wildman–Crippen LogP) is 3.93. The number of nitriles is 1. The highest BCUT2D eigenvalue weighted by molar-refractivity contribution is 5.95. The van der Waals surface area contributed by atoms with Crippen molar-refractivity contribution in [3.63, 3.8) is 0 Å². The number of fused-ring (bicyclic) bond motifs is 1. The maximum Gasteiger partial charge on any atom is 0.397 e. The number of nitrogens with one attached hydrogen (secondary N) is 1. The second kappa shape index (κ2) is 8.01. The van der Waals surface area contributed by atoms with E-state index in [1.54, 1.807) is 12.1 Å². The molecule has 1 N–H and O–H groups in total. The van der Waals surface area contributed by atoms with Crippen LogP contribution in [0, 0.1) is 17.2 Å². The largest absolute Gasteiger partial charge is 0.397 e. The van der Waals surface area contributed by atoms with Gasteiger partial charge in [-0.05, 0) is 30.7 Å². The van der Waals surface area contributed by atoms with Gasteiger partial charge in [-0.3, -0.25) is 9.78 Å². The van der Waals surface area contributed by atoms with Crippen LogP contribution in [0.5, 0.6) is 0 Å². The van der Waals surface area contributed by atoms with Crippen LogP contribution in [0.3, 0.4) is 0 Å². The summed E-state index contributed by atoms with van der Waals surface area (Å²) in [7, 11) is 0. The molecule has 30 heavy (non-hydrogen) atoms. The van der Waals surface area contributed by atoms with Crippen molar-refractivity contribution in [1.82, 2.24) is 10.3 Å². The first kappa shape index (κ1) is 21.7. The number of aromatic nitrogens is 1. The maximum absolute atomic E-state index is 13.5. The van der Waals surface area contributed by atoms with Crippen molar-refractivity contribution >= 4 is 22.5 Å². The zero-order valence-electron chi connectivity index (χ0n) is 15.4. The second-order valence-corrected chi connectivity index (χ2v) is 7.08. The highest BCUT2D eigenvalue weighted by Gasteiger charge is 2.45. The number of halogens is 6. The summed E-state index contributed by atoms with van der Waals surface area (Å²) in [5, 5.41) is 11.8. The first-order valence-corrected chi connectivity index (χ1v) is 8.93. The number of alkyl halides is 6. The molecule has 2 atom stereocenters. The molecule has 0 unspecified atom stereocenters. The van der Waals surface area contributed by atoms with Gasteiger partial charge in [0.1, 0.15) is 12.5 Å². The van der Waals surface area contributed by atoms with Gasteiger partial charge < -0.3 is 10.2 Å². The van der Waals surface area contributed by atoms with E-state index in [0.717, 1.165) is 0 Å². The van der Waals surface area contributed by atoms with Crippen LogP contribution in [0.25, 0.3) is 10.9 Å². The quantitative estimate of drug-likeness (QED) is 0.750. The molecule has 1 aromatic carbocycles. The molecule has 2 aromatic rings. The number of piperidine rings is 1. The molecule has 1 aliphatic rings. The van der Waals surface area contributed by atoms with E-state index in [9.17, 15) is 36.4 Å². The summed E-state index contributed by atoms with van der Waals surface area (Å²) in [6, 6.07) is 6.93. The smallest absolute Gasteiger partial charge is 0.368 e. The molecule has 1 aliphatic heterocycles. The summed E-state index contributed by atoms with van der Waals surface area (Å²) in [6.45, 7) is -0.531. The molecule has 0 radical (unpaired) electrons. The highest BCUT2D eigenvalue weighted by Crippen LogP contribution is 2.37. The van der Waals surface area contributed by atoms with Gasteiger partial charge >= 0.3 is 12.4 Å². The lowest BCUT2D eigenvalue weighted by Crippen LogP contribution is -2.54. The number of hydrogen-bond acceptors (Lipinski definition) is 4. The van der Waals surface area contributed by atoms with Crippen LogP contribution in [0.1, 0.15) is 18.4 Å². The van der Waals surface area contributed by atoms with Crippen LogP contribution >= 0.6 is 0 Å². The molecule has 3 rings (SSSR count). The lowest BCUT2D eigenvalue weighted by Gasteiger charge is -2.40. The van der Waals surface area contributed by atoms with E-state index in [1.165, 1.54) is 23.2 Å².